The van der Waals surface area contributed by atoms with Crippen molar-refractivity contribution in [2.45, 2.75) is 59.0 Å². The minimum absolute atomic E-state index is 0.0187. The lowest BCUT2D eigenvalue weighted by Gasteiger charge is -2.36. The molecule has 1 saturated heterocycles. The Bertz CT molecular complexity index is 798. The van der Waals surface area contributed by atoms with Crippen LogP contribution in [-0.2, 0) is 11.3 Å². The highest BCUT2D eigenvalue weighted by Crippen LogP contribution is 2.31. The van der Waals surface area contributed by atoms with E-state index in [9.17, 15) is 9.59 Å². The third-order valence-electron chi connectivity index (χ3n) is 5.16. The number of aromatic nitrogens is 3. The third kappa shape index (κ3) is 3.69. The summed E-state index contributed by atoms with van der Waals surface area (Å²) in [7, 11) is 0. The number of rotatable bonds is 5. The van der Waals surface area contributed by atoms with Crippen molar-refractivity contribution >= 4 is 11.7 Å². The molecule has 2 aromatic rings. The molecule has 2 aromatic heterocycles. The Morgan fingerprint density at radius 2 is 2.08 bits per heavy atom. The van der Waals surface area contributed by atoms with E-state index < -0.39 is 0 Å². The molecule has 1 amide bonds. The van der Waals surface area contributed by atoms with Crippen LogP contribution in [0.3, 0.4) is 0 Å². The molecule has 3 heterocycles. The summed E-state index contributed by atoms with van der Waals surface area (Å²) in [6.07, 6.45) is 7.14. The quantitative estimate of drug-likeness (QED) is 0.773. The number of Topliss-reactive ketones (excluding diaryl/α,β-unsaturated/α-hetero) is 1. The molecule has 0 aromatic carbocycles. The maximum atomic E-state index is 12.9. The predicted molar refractivity (Wildman–Crippen MR) is 98.9 cm³/mol. The summed E-state index contributed by atoms with van der Waals surface area (Å²) in [6.45, 7) is 6.56. The van der Waals surface area contributed by atoms with Crippen LogP contribution in [0.4, 0.5) is 0 Å². The SMILES string of the molecule is CC(=O)c1c(C)nn(CCC(=O)N2CCCC[C@H]2c2cccnc2)c1C. The number of hydrogen-bond acceptors (Lipinski definition) is 4. The van der Waals surface area contributed by atoms with Gasteiger partial charge in [0.1, 0.15) is 0 Å². The fourth-order valence-corrected chi connectivity index (χ4v) is 3.92. The number of aryl methyl sites for hydroxylation is 2. The summed E-state index contributed by atoms with van der Waals surface area (Å²) in [4.78, 5) is 30.8. The lowest BCUT2D eigenvalue weighted by molar-refractivity contribution is -0.135. The van der Waals surface area contributed by atoms with E-state index in [0.29, 0.717) is 18.5 Å². The topological polar surface area (TPSA) is 68.1 Å². The van der Waals surface area contributed by atoms with Gasteiger partial charge in [-0.15, -0.1) is 0 Å². The highest BCUT2D eigenvalue weighted by molar-refractivity contribution is 5.96. The van der Waals surface area contributed by atoms with Crippen LogP contribution in [0.1, 0.15) is 66.0 Å². The van der Waals surface area contributed by atoms with Crippen LogP contribution in [0.5, 0.6) is 0 Å². The van der Waals surface area contributed by atoms with E-state index in [2.05, 4.69) is 10.1 Å². The number of ketones is 1. The number of hydrogen-bond donors (Lipinski definition) is 0. The van der Waals surface area contributed by atoms with Gasteiger partial charge in [-0.25, -0.2) is 0 Å². The monoisotopic (exact) mass is 354 g/mol. The van der Waals surface area contributed by atoms with Gasteiger partial charge in [-0.2, -0.15) is 5.10 Å². The number of amides is 1. The van der Waals surface area contributed by atoms with Crippen LogP contribution in [0, 0.1) is 13.8 Å². The third-order valence-corrected chi connectivity index (χ3v) is 5.16. The Kier molecular flexibility index (Phi) is 5.49. The van der Waals surface area contributed by atoms with Crippen molar-refractivity contribution < 1.29 is 9.59 Å². The molecule has 0 aliphatic carbocycles. The van der Waals surface area contributed by atoms with Crippen LogP contribution in [0.15, 0.2) is 24.5 Å². The first-order valence-electron chi connectivity index (χ1n) is 9.23. The predicted octanol–water partition coefficient (Wildman–Crippen LogP) is 3.24. The Balaban J connectivity index is 1.71. The van der Waals surface area contributed by atoms with E-state index in [-0.39, 0.29) is 17.7 Å². The fourth-order valence-electron chi connectivity index (χ4n) is 3.92. The smallest absolute Gasteiger partial charge is 0.224 e. The first-order chi connectivity index (χ1) is 12.5. The zero-order valence-electron chi connectivity index (χ0n) is 15.7. The van der Waals surface area contributed by atoms with Crippen molar-refractivity contribution in [3.63, 3.8) is 0 Å². The zero-order chi connectivity index (χ0) is 18.7. The summed E-state index contributed by atoms with van der Waals surface area (Å²) in [5, 5.41) is 4.44. The van der Waals surface area contributed by atoms with Gasteiger partial charge in [0.2, 0.25) is 5.91 Å². The van der Waals surface area contributed by atoms with Gasteiger partial charge >= 0.3 is 0 Å². The summed E-state index contributed by atoms with van der Waals surface area (Å²) in [6, 6.07) is 4.08. The van der Waals surface area contributed by atoms with E-state index in [1.807, 2.05) is 37.1 Å². The second kappa shape index (κ2) is 7.81. The van der Waals surface area contributed by atoms with Crippen LogP contribution in [-0.4, -0.2) is 37.9 Å². The molecule has 0 saturated carbocycles. The number of carbonyl (C=O) groups excluding carboxylic acids is 2. The lowest BCUT2D eigenvalue weighted by atomic mass is 9.96. The van der Waals surface area contributed by atoms with Gasteiger partial charge in [-0.3, -0.25) is 19.3 Å². The van der Waals surface area contributed by atoms with Gasteiger partial charge in [0.25, 0.3) is 0 Å². The summed E-state index contributed by atoms with van der Waals surface area (Å²) >= 11 is 0. The molecule has 0 unspecified atom stereocenters. The van der Waals surface area contributed by atoms with Crippen molar-refractivity contribution in [3.8, 4) is 0 Å². The zero-order valence-corrected chi connectivity index (χ0v) is 15.7. The van der Waals surface area contributed by atoms with Crippen molar-refractivity contribution in [1.82, 2.24) is 19.7 Å². The maximum Gasteiger partial charge on any atom is 0.224 e. The molecule has 6 heteroatoms. The van der Waals surface area contributed by atoms with Gasteiger partial charge in [0, 0.05) is 37.6 Å². The highest BCUT2D eigenvalue weighted by atomic mass is 16.2. The van der Waals surface area contributed by atoms with Crippen molar-refractivity contribution in [2.24, 2.45) is 0 Å². The summed E-state index contributed by atoms with van der Waals surface area (Å²) in [5.74, 6) is 0.153. The number of nitrogens with zero attached hydrogens (tertiary/aromatic N) is 4. The number of likely N-dealkylation sites (tertiary alicyclic amines) is 1. The van der Waals surface area contributed by atoms with Crippen LogP contribution in [0.2, 0.25) is 0 Å². The van der Waals surface area contributed by atoms with Crippen molar-refractivity contribution in [3.05, 3.63) is 47.0 Å². The van der Waals surface area contributed by atoms with E-state index in [1.54, 1.807) is 17.8 Å². The second-order valence-corrected chi connectivity index (χ2v) is 6.96. The summed E-state index contributed by atoms with van der Waals surface area (Å²) < 4.78 is 1.78. The molecule has 6 nitrogen and oxygen atoms in total. The van der Waals surface area contributed by atoms with Crippen molar-refractivity contribution in [1.29, 1.82) is 0 Å². The van der Waals surface area contributed by atoms with Crippen LogP contribution < -0.4 is 0 Å². The van der Waals surface area contributed by atoms with E-state index in [1.165, 1.54) is 0 Å². The molecule has 0 N–H and O–H groups in total. The maximum absolute atomic E-state index is 12.9. The largest absolute Gasteiger partial charge is 0.336 e. The Morgan fingerprint density at radius 1 is 1.27 bits per heavy atom. The molecule has 1 aliphatic heterocycles. The molecular weight excluding hydrogens is 328 g/mol. The molecule has 0 bridgehead atoms. The summed E-state index contributed by atoms with van der Waals surface area (Å²) in [5.41, 5.74) is 3.34. The molecule has 3 rings (SSSR count). The molecular formula is C20H26N4O2. The molecule has 0 radical (unpaired) electrons. The van der Waals surface area contributed by atoms with Crippen molar-refractivity contribution in [2.75, 3.05) is 6.54 Å². The molecule has 1 fully saturated rings. The molecule has 0 spiro atoms. The van der Waals surface area contributed by atoms with Gasteiger partial charge in [0.05, 0.1) is 17.3 Å². The normalized spacial score (nSPS) is 17.3. The van der Waals surface area contributed by atoms with Crippen LogP contribution in [0.25, 0.3) is 0 Å². The van der Waals surface area contributed by atoms with Gasteiger partial charge in [0.15, 0.2) is 5.78 Å². The molecule has 138 valence electrons. The Hall–Kier alpha value is -2.50. The Labute approximate surface area is 154 Å². The second-order valence-electron chi connectivity index (χ2n) is 6.96. The lowest BCUT2D eigenvalue weighted by Crippen LogP contribution is -2.39. The van der Waals surface area contributed by atoms with Crippen LogP contribution >= 0.6 is 0 Å². The molecule has 1 aliphatic rings. The average Bonchev–Trinajstić information content (AvgIpc) is 2.94. The van der Waals surface area contributed by atoms with Gasteiger partial charge in [-0.1, -0.05) is 6.07 Å². The molecule has 26 heavy (non-hydrogen) atoms. The highest BCUT2D eigenvalue weighted by Gasteiger charge is 2.28. The number of pyridine rings is 1. The van der Waals surface area contributed by atoms with E-state index in [0.717, 1.165) is 42.8 Å². The van der Waals surface area contributed by atoms with E-state index in [4.69, 9.17) is 0 Å². The first-order valence-corrected chi connectivity index (χ1v) is 9.23. The van der Waals surface area contributed by atoms with Gasteiger partial charge in [-0.05, 0) is 51.7 Å². The minimum atomic E-state index is 0.0187. The first kappa shape index (κ1) is 18.3. The number of piperidine rings is 1. The average molecular weight is 354 g/mol. The Morgan fingerprint density at radius 3 is 2.73 bits per heavy atom. The standard InChI is InChI=1S/C20H26N4O2/c1-14-20(16(3)25)15(2)24(22-14)12-9-19(26)23-11-5-4-8-18(23)17-7-6-10-21-13-17/h6-7,10,13,18H,4-5,8-9,11-12H2,1-3H3/t18-/m0/s1. The molecule has 1 atom stereocenters. The van der Waals surface area contributed by atoms with E-state index >= 15 is 0 Å². The van der Waals surface area contributed by atoms with Gasteiger partial charge < -0.3 is 4.90 Å². The number of carbonyl (C=O) groups is 2. The fraction of sp³-hybridized carbons (Fsp3) is 0.500. The minimum Gasteiger partial charge on any atom is -0.336 e.